The van der Waals surface area contributed by atoms with Gasteiger partial charge in [0.25, 0.3) is 0 Å². The van der Waals surface area contributed by atoms with E-state index in [9.17, 15) is 9.59 Å². The summed E-state index contributed by atoms with van der Waals surface area (Å²) in [7, 11) is 0. The zero-order chi connectivity index (χ0) is 15.1. The molecule has 0 spiro atoms. The highest BCUT2D eigenvalue weighted by molar-refractivity contribution is 5.91. The molecular weight excluding hydrogens is 268 g/mol. The molecule has 0 fully saturated rings. The van der Waals surface area contributed by atoms with E-state index in [4.69, 9.17) is 19.7 Å². The third-order valence-corrected chi connectivity index (χ3v) is 1.98. The highest BCUT2D eigenvalue weighted by Gasteiger charge is 2.00. The van der Waals surface area contributed by atoms with E-state index < -0.39 is 11.9 Å². The molecule has 0 aliphatic heterocycles. The number of ether oxygens (including phenoxy) is 2. The van der Waals surface area contributed by atoms with Gasteiger partial charge >= 0.3 is 11.9 Å². The average molecular weight is 290 g/mol. The number of nitrogens with one attached hydrogen (secondary N) is 2. The van der Waals surface area contributed by atoms with Gasteiger partial charge in [0.15, 0.2) is 0 Å². The lowest BCUT2D eigenvalue weighted by Gasteiger charge is -2.03. The van der Waals surface area contributed by atoms with E-state index in [1.807, 2.05) is 0 Å². The van der Waals surface area contributed by atoms with E-state index in [1.54, 1.807) is 0 Å². The zero-order valence-corrected chi connectivity index (χ0v) is 11.3. The monoisotopic (exact) mass is 290 g/mol. The summed E-state index contributed by atoms with van der Waals surface area (Å²) in [4.78, 5) is 22.3. The fourth-order valence-corrected chi connectivity index (χ4v) is 1.09. The van der Waals surface area contributed by atoms with Crippen molar-refractivity contribution >= 4 is 11.9 Å². The van der Waals surface area contributed by atoms with Crippen LogP contribution in [0.15, 0.2) is 12.2 Å². The second-order valence-corrected chi connectivity index (χ2v) is 3.62. The summed E-state index contributed by atoms with van der Waals surface area (Å²) >= 11 is 0. The van der Waals surface area contributed by atoms with Crippen LogP contribution in [0.25, 0.3) is 0 Å². The van der Waals surface area contributed by atoms with Crippen molar-refractivity contribution in [3.63, 3.8) is 0 Å². The van der Waals surface area contributed by atoms with Crippen LogP contribution in [-0.4, -0.2) is 74.8 Å². The molecule has 4 N–H and O–H groups in total. The van der Waals surface area contributed by atoms with Crippen LogP contribution in [0.3, 0.4) is 0 Å². The Hall–Kier alpha value is -1.48. The molecule has 0 aliphatic carbocycles. The second kappa shape index (κ2) is 13.9. The van der Waals surface area contributed by atoms with Gasteiger partial charge in [-0.15, -0.1) is 0 Å². The van der Waals surface area contributed by atoms with E-state index >= 15 is 0 Å². The van der Waals surface area contributed by atoms with E-state index in [2.05, 4.69) is 10.6 Å². The maximum absolute atomic E-state index is 11.2. The maximum Gasteiger partial charge on any atom is 0.331 e. The minimum Gasteiger partial charge on any atom is -0.461 e. The van der Waals surface area contributed by atoms with Gasteiger partial charge in [0.2, 0.25) is 0 Å². The molecular formula is C12H22N2O6. The van der Waals surface area contributed by atoms with Gasteiger partial charge in [-0.1, -0.05) is 0 Å². The van der Waals surface area contributed by atoms with E-state index in [1.165, 1.54) is 0 Å². The van der Waals surface area contributed by atoms with Crippen LogP contribution in [-0.2, 0) is 19.1 Å². The Balaban J connectivity index is 3.54. The van der Waals surface area contributed by atoms with Crippen LogP contribution in [0.2, 0.25) is 0 Å². The highest BCUT2D eigenvalue weighted by atomic mass is 16.5. The van der Waals surface area contributed by atoms with Gasteiger partial charge in [0.1, 0.15) is 13.2 Å². The minimum atomic E-state index is -0.633. The molecule has 0 bridgehead atoms. The molecule has 0 aliphatic rings. The minimum absolute atomic E-state index is 0.0207. The van der Waals surface area contributed by atoms with E-state index in [0.29, 0.717) is 26.2 Å². The summed E-state index contributed by atoms with van der Waals surface area (Å²) in [5, 5.41) is 22.6. The summed E-state index contributed by atoms with van der Waals surface area (Å²) < 4.78 is 9.56. The number of esters is 2. The van der Waals surface area contributed by atoms with Crippen LogP contribution in [0.4, 0.5) is 0 Å². The first kappa shape index (κ1) is 18.5. The molecule has 0 atom stereocenters. The van der Waals surface area contributed by atoms with E-state index in [0.717, 1.165) is 12.2 Å². The van der Waals surface area contributed by atoms with Gasteiger partial charge < -0.3 is 30.3 Å². The summed E-state index contributed by atoms with van der Waals surface area (Å²) in [6, 6.07) is 0. The molecule has 8 heteroatoms. The summed E-state index contributed by atoms with van der Waals surface area (Å²) in [6.07, 6.45) is 1.99. The van der Waals surface area contributed by atoms with Gasteiger partial charge in [-0.05, 0) is 0 Å². The van der Waals surface area contributed by atoms with Crippen molar-refractivity contribution in [1.29, 1.82) is 0 Å². The van der Waals surface area contributed by atoms with Gasteiger partial charge in [0.05, 0.1) is 13.2 Å². The average Bonchev–Trinajstić information content (AvgIpc) is 2.44. The first-order chi connectivity index (χ1) is 9.70. The van der Waals surface area contributed by atoms with Crippen LogP contribution < -0.4 is 10.6 Å². The molecule has 0 radical (unpaired) electrons. The van der Waals surface area contributed by atoms with Gasteiger partial charge in [0, 0.05) is 38.3 Å². The Morgan fingerprint density at radius 3 is 1.55 bits per heavy atom. The van der Waals surface area contributed by atoms with Crippen molar-refractivity contribution < 1.29 is 29.3 Å². The fourth-order valence-electron chi connectivity index (χ4n) is 1.09. The Labute approximate surface area is 117 Å². The van der Waals surface area contributed by atoms with Crippen LogP contribution >= 0.6 is 0 Å². The number of hydrogen-bond acceptors (Lipinski definition) is 8. The molecule has 0 saturated heterocycles. The van der Waals surface area contributed by atoms with Crippen molar-refractivity contribution in [2.45, 2.75) is 0 Å². The van der Waals surface area contributed by atoms with Gasteiger partial charge in [-0.3, -0.25) is 0 Å². The Bertz CT molecular complexity index is 268. The number of carbonyl (C=O) groups excluding carboxylic acids is 2. The summed E-state index contributed by atoms with van der Waals surface area (Å²) in [5.74, 6) is -1.27. The van der Waals surface area contributed by atoms with Crippen LogP contribution in [0.5, 0.6) is 0 Å². The predicted molar refractivity (Wildman–Crippen MR) is 71.0 cm³/mol. The molecule has 8 nitrogen and oxygen atoms in total. The predicted octanol–water partition coefficient (Wildman–Crippen LogP) is -2.21. The van der Waals surface area contributed by atoms with Gasteiger partial charge in [-0.25, -0.2) is 9.59 Å². The SMILES string of the molecule is O=C(/C=C\C(=O)OCCNCCO)OCCNCCO. The summed E-state index contributed by atoms with van der Waals surface area (Å²) in [6.45, 7) is 2.09. The smallest absolute Gasteiger partial charge is 0.331 e. The molecule has 0 heterocycles. The molecule has 0 amide bonds. The molecule has 0 aromatic carbocycles. The quantitative estimate of drug-likeness (QED) is 0.182. The van der Waals surface area contributed by atoms with Crippen molar-refractivity contribution in [2.24, 2.45) is 0 Å². The third-order valence-electron chi connectivity index (χ3n) is 1.98. The lowest BCUT2D eigenvalue weighted by atomic mass is 10.5. The van der Waals surface area contributed by atoms with Crippen LogP contribution in [0.1, 0.15) is 0 Å². The van der Waals surface area contributed by atoms with Crippen molar-refractivity contribution in [1.82, 2.24) is 10.6 Å². The largest absolute Gasteiger partial charge is 0.461 e. The third kappa shape index (κ3) is 13.0. The molecule has 116 valence electrons. The Kier molecular flexibility index (Phi) is 12.9. The molecule has 0 unspecified atom stereocenters. The molecule has 0 rings (SSSR count). The maximum atomic E-state index is 11.2. The standard InChI is InChI=1S/C12H22N2O6/c15-7-3-13-5-9-19-11(17)1-2-12(18)20-10-6-14-4-8-16/h1-2,13-16H,3-10H2/b2-1-. The van der Waals surface area contributed by atoms with Crippen LogP contribution in [0, 0.1) is 0 Å². The van der Waals surface area contributed by atoms with Gasteiger partial charge in [-0.2, -0.15) is 0 Å². The number of carbonyl (C=O) groups is 2. The number of rotatable bonds is 12. The summed E-state index contributed by atoms with van der Waals surface area (Å²) in [5.41, 5.74) is 0. The molecule has 20 heavy (non-hydrogen) atoms. The number of aliphatic hydroxyl groups is 2. The van der Waals surface area contributed by atoms with Crippen molar-refractivity contribution in [3.8, 4) is 0 Å². The highest BCUT2D eigenvalue weighted by Crippen LogP contribution is 1.85. The number of hydrogen-bond donors (Lipinski definition) is 4. The zero-order valence-electron chi connectivity index (χ0n) is 11.3. The first-order valence-electron chi connectivity index (χ1n) is 6.35. The molecule has 0 aromatic rings. The Morgan fingerprint density at radius 1 is 0.800 bits per heavy atom. The molecule has 0 saturated carbocycles. The first-order valence-corrected chi connectivity index (χ1v) is 6.35. The lowest BCUT2D eigenvalue weighted by Crippen LogP contribution is -2.24. The topological polar surface area (TPSA) is 117 Å². The lowest BCUT2D eigenvalue weighted by molar-refractivity contribution is -0.140. The molecule has 0 aromatic heterocycles. The second-order valence-electron chi connectivity index (χ2n) is 3.62. The van der Waals surface area contributed by atoms with Crippen molar-refractivity contribution in [3.05, 3.63) is 12.2 Å². The van der Waals surface area contributed by atoms with E-state index in [-0.39, 0.29) is 26.4 Å². The fraction of sp³-hybridized carbons (Fsp3) is 0.667. The normalized spacial score (nSPS) is 10.7. The number of aliphatic hydroxyl groups excluding tert-OH is 2. The Morgan fingerprint density at radius 2 is 1.20 bits per heavy atom. The van der Waals surface area contributed by atoms with Crippen molar-refractivity contribution in [2.75, 3.05) is 52.6 Å².